The molecular weight excluding hydrogens is 403 g/mol. The molecule has 0 amide bonds. The Labute approximate surface area is 143 Å². The van der Waals surface area contributed by atoms with Gasteiger partial charge in [0.15, 0.2) is 5.17 Å². The third-order valence-electron chi connectivity index (χ3n) is 4.16. The number of rotatable bonds is 1. The van der Waals surface area contributed by atoms with Crippen molar-refractivity contribution in [1.82, 2.24) is 0 Å². The topological polar surface area (TPSA) is 24.4 Å². The highest BCUT2D eigenvalue weighted by Gasteiger charge is 2.34. The number of thioether (sulfide) groups is 1. The minimum absolute atomic E-state index is 0.476. The highest BCUT2D eigenvalue weighted by Crippen LogP contribution is 2.42. The number of benzene rings is 1. The minimum atomic E-state index is 0.476. The fourth-order valence-corrected chi connectivity index (χ4v) is 5.00. The summed E-state index contributed by atoms with van der Waals surface area (Å²) in [5, 5.41) is 5.16. The molecule has 0 unspecified atom stereocenters. The number of nitrogens with zero attached hydrogens (tertiary/aromatic N) is 1. The van der Waals surface area contributed by atoms with Gasteiger partial charge in [-0.25, -0.2) is 0 Å². The van der Waals surface area contributed by atoms with Crippen molar-refractivity contribution < 1.29 is 0 Å². The average Bonchev–Trinajstić information content (AvgIpc) is 2.45. The number of aliphatic imine (C=N–C) groups is 1. The lowest BCUT2D eigenvalue weighted by Gasteiger charge is -2.38. The van der Waals surface area contributed by atoms with Crippen molar-refractivity contribution >= 4 is 56.8 Å². The van der Waals surface area contributed by atoms with E-state index < -0.39 is 0 Å². The van der Waals surface area contributed by atoms with Crippen LogP contribution in [0.2, 0.25) is 5.02 Å². The predicted octanol–water partition coefficient (Wildman–Crippen LogP) is 5.41. The molecule has 0 aromatic heterocycles. The fraction of sp³-hybridized carbons (Fsp3) is 0.533. The Morgan fingerprint density at radius 3 is 2.70 bits per heavy atom. The summed E-state index contributed by atoms with van der Waals surface area (Å²) in [6.07, 6.45) is 6.85. The van der Waals surface area contributed by atoms with Gasteiger partial charge in [0, 0.05) is 15.9 Å². The maximum Gasteiger partial charge on any atom is 0.161 e. The number of halogens is 2. The first-order valence-corrected chi connectivity index (χ1v) is 9.51. The van der Waals surface area contributed by atoms with Crippen molar-refractivity contribution in [3.05, 3.63) is 26.8 Å². The number of nitrogens with one attached hydrogen (secondary N) is 1. The Bertz CT molecular complexity index is 527. The van der Waals surface area contributed by atoms with Gasteiger partial charge in [-0.15, -0.1) is 0 Å². The van der Waals surface area contributed by atoms with E-state index in [1.807, 2.05) is 23.9 Å². The molecule has 3 rings (SSSR count). The Balaban J connectivity index is 1.67. The molecule has 20 heavy (non-hydrogen) atoms. The number of anilines is 1. The van der Waals surface area contributed by atoms with Gasteiger partial charge in [-0.3, -0.25) is 4.99 Å². The highest BCUT2D eigenvalue weighted by molar-refractivity contribution is 14.1. The molecule has 0 radical (unpaired) electrons. The summed E-state index contributed by atoms with van der Waals surface area (Å²) in [4.78, 5) is 4.77. The van der Waals surface area contributed by atoms with Crippen LogP contribution in [0.1, 0.15) is 32.1 Å². The second-order valence-corrected chi connectivity index (χ2v) is 8.34. The quantitative estimate of drug-likeness (QED) is 0.614. The lowest BCUT2D eigenvalue weighted by Crippen LogP contribution is -2.35. The summed E-state index contributed by atoms with van der Waals surface area (Å²) in [7, 11) is 0. The van der Waals surface area contributed by atoms with Gasteiger partial charge in [0.05, 0.1) is 10.7 Å². The predicted molar refractivity (Wildman–Crippen MR) is 98.1 cm³/mol. The fourth-order valence-electron chi connectivity index (χ4n) is 2.94. The van der Waals surface area contributed by atoms with Crippen LogP contribution in [-0.4, -0.2) is 17.5 Å². The first kappa shape index (κ1) is 15.0. The molecule has 1 N–H and O–H groups in total. The summed E-state index contributed by atoms with van der Waals surface area (Å²) < 4.78 is 1.15. The minimum Gasteiger partial charge on any atom is -0.334 e. The number of hydrogen-bond donors (Lipinski definition) is 1. The smallest absolute Gasteiger partial charge is 0.161 e. The van der Waals surface area contributed by atoms with Crippen molar-refractivity contribution in [2.45, 2.75) is 32.1 Å². The molecule has 1 aromatic rings. The molecule has 2 aliphatic rings. The Morgan fingerprint density at radius 2 is 2.05 bits per heavy atom. The van der Waals surface area contributed by atoms with E-state index in [4.69, 9.17) is 16.6 Å². The Morgan fingerprint density at radius 1 is 1.25 bits per heavy atom. The van der Waals surface area contributed by atoms with Crippen LogP contribution in [0.25, 0.3) is 0 Å². The molecule has 108 valence electrons. The maximum absolute atomic E-state index is 6.26. The van der Waals surface area contributed by atoms with E-state index in [2.05, 4.69) is 34.0 Å². The maximum atomic E-state index is 6.26. The normalized spacial score (nSPS) is 21.6. The van der Waals surface area contributed by atoms with Crippen molar-refractivity contribution in [2.24, 2.45) is 10.4 Å². The molecule has 1 saturated carbocycles. The third kappa shape index (κ3) is 3.45. The third-order valence-corrected chi connectivity index (χ3v) is 6.41. The van der Waals surface area contributed by atoms with Crippen LogP contribution < -0.4 is 5.32 Å². The standard InChI is InChI=1S/C15H18ClIN2S/c16-12-8-11(17)4-5-13(12)19-14-18-9-15(10-20-14)6-2-1-3-7-15/h4-5,8H,1-3,6-7,9-10H2,(H,18,19). The molecule has 1 spiro atoms. The summed E-state index contributed by atoms with van der Waals surface area (Å²) in [6.45, 7) is 0.977. The van der Waals surface area contributed by atoms with Gasteiger partial charge >= 0.3 is 0 Å². The van der Waals surface area contributed by atoms with Crippen molar-refractivity contribution in [3.8, 4) is 0 Å². The van der Waals surface area contributed by atoms with Gasteiger partial charge < -0.3 is 5.32 Å². The second-order valence-electron chi connectivity index (χ2n) is 5.72. The molecule has 1 aromatic carbocycles. The molecule has 2 nitrogen and oxygen atoms in total. The molecule has 0 atom stereocenters. The summed E-state index contributed by atoms with van der Waals surface area (Å²) in [5.41, 5.74) is 1.43. The largest absolute Gasteiger partial charge is 0.334 e. The molecule has 1 fully saturated rings. The van der Waals surface area contributed by atoms with Gasteiger partial charge in [0.2, 0.25) is 0 Å². The lowest BCUT2D eigenvalue weighted by molar-refractivity contribution is 0.232. The second kappa shape index (κ2) is 6.44. The summed E-state index contributed by atoms with van der Waals surface area (Å²) >= 11 is 10.4. The van der Waals surface area contributed by atoms with E-state index >= 15 is 0 Å². The average molecular weight is 421 g/mol. The SMILES string of the molecule is Clc1cc(I)ccc1NC1=NCC2(CCCCC2)CS1. The van der Waals surface area contributed by atoms with Crippen LogP contribution in [0, 0.1) is 8.99 Å². The van der Waals surface area contributed by atoms with Crippen LogP contribution in [0.3, 0.4) is 0 Å². The van der Waals surface area contributed by atoms with E-state index in [1.165, 1.54) is 37.9 Å². The molecule has 0 saturated heterocycles. The molecule has 1 aliphatic heterocycles. The van der Waals surface area contributed by atoms with Crippen LogP contribution in [0.4, 0.5) is 5.69 Å². The van der Waals surface area contributed by atoms with Gasteiger partial charge in [-0.1, -0.05) is 42.6 Å². The number of hydrogen-bond acceptors (Lipinski definition) is 3. The first-order valence-electron chi connectivity index (χ1n) is 7.06. The summed E-state index contributed by atoms with van der Waals surface area (Å²) in [5.74, 6) is 1.20. The molecule has 5 heteroatoms. The molecule has 1 heterocycles. The van der Waals surface area contributed by atoms with Crippen LogP contribution in [0.15, 0.2) is 23.2 Å². The zero-order valence-corrected chi connectivity index (χ0v) is 15.0. The van der Waals surface area contributed by atoms with Crippen molar-refractivity contribution in [3.63, 3.8) is 0 Å². The summed E-state index contributed by atoms with van der Waals surface area (Å²) in [6, 6.07) is 6.06. The first-order chi connectivity index (χ1) is 9.67. The lowest BCUT2D eigenvalue weighted by atomic mass is 9.75. The molecule has 1 aliphatic carbocycles. The van der Waals surface area contributed by atoms with Crippen molar-refractivity contribution in [2.75, 3.05) is 17.6 Å². The van der Waals surface area contributed by atoms with E-state index in [1.54, 1.807) is 0 Å². The number of amidine groups is 1. The van der Waals surface area contributed by atoms with Gasteiger partial charge in [0.1, 0.15) is 0 Å². The monoisotopic (exact) mass is 420 g/mol. The Hall–Kier alpha value is 0.0600. The molecular formula is C15H18ClIN2S. The van der Waals surface area contributed by atoms with Crippen LogP contribution in [-0.2, 0) is 0 Å². The van der Waals surface area contributed by atoms with E-state index in [9.17, 15) is 0 Å². The molecule has 0 bridgehead atoms. The van der Waals surface area contributed by atoms with Crippen molar-refractivity contribution in [1.29, 1.82) is 0 Å². The van der Waals surface area contributed by atoms with Gasteiger partial charge in [0.25, 0.3) is 0 Å². The Kier molecular flexibility index (Phi) is 4.82. The zero-order valence-electron chi connectivity index (χ0n) is 11.3. The van der Waals surface area contributed by atoms with E-state index in [0.29, 0.717) is 5.41 Å². The van der Waals surface area contributed by atoms with Gasteiger partial charge in [-0.05, 0) is 59.0 Å². The van der Waals surface area contributed by atoms with Crippen LogP contribution in [0.5, 0.6) is 0 Å². The van der Waals surface area contributed by atoms with E-state index in [0.717, 1.165) is 26.0 Å². The van der Waals surface area contributed by atoms with E-state index in [-0.39, 0.29) is 0 Å². The van der Waals surface area contributed by atoms with Crippen LogP contribution >= 0.6 is 46.0 Å². The van der Waals surface area contributed by atoms with Gasteiger partial charge in [-0.2, -0.15) is 0 Å². The highest BCUT2D eigenvalue weighted by atomic mass is 127. The zero-order chi connectivity index (χ0) is 14.0.